The van der Waals surface area contributed by atoms with E-state index in [9.17, 15) is 24.0 Å². The monoisotopic (exact) mass is 631 g/mol. The molecule has 4 N–H and O–H groups in total. The van der Waals surface area contributed by atoms with E-state index in [0.717, 1.165) is 5.56 Å². The molecular weight excluding hydrogens is 590 g/mol. The van der Waals surface area contributed by atoms with Gasteiger partial charge in [-0.15, -0.1) is 0 Å². The van der Waals surface area contributed by atoms with Crippen LogP contribution in [0.3, 0.4) is 0 Å². The number of hydrogen-bond acceptors (Lipinski definition) is 6. The van der Waals surface area contributed by atoms with Crippen molar-refractivity contribution in [3.05, 3.63) is 83.4 Å². The van der Waals surface area contributed by atoms with E-state index in [1.807, 2.05) is 45.0 Å². The predicted molar refractivity (Wildman–Crippen MR) is 177 cm³/mol. The molecule has 0 radical (unpaired) electrons. The number of nitrogens with zero attached hydrogens (tertiary/aromatic N) is 2. The summed E-state index contributed by atoms with van der Waals surface area (Å²) in [7, 11) is 1.51. The number of rotatable bonds is 11. The number of carboxylic acids is 1. The topological polar surface area (TPSA) is 157 Å². The average molecular weight is 632 g/mol. The van der Waals surface area contributed by atoms with Crippen LogP contribution in [0.2, 0.25) is 0 Å². The third kappa shape index (κ3) is 9.38. The number of hydrogen-bond donors (Lipinski definition) is 4. The fraction of sp³-hybridized carbons (Fsp3) is 0.324. The molecular formula is C34H41N5O7. The number of para-hydroxylation sites is 1. The van der Waals surface area contributed by atoms with E-state index in [0.29, 0.717) is 28.3 Å². The number of aryl methyl sites for hydroxylation is 1. The minimum absolute atomic E-state index is 0.0287. The van der Waals surface area contributed by atoms with Crippen molar-refractivity contribution in [2.75, 3.05) is 47.7 Å². The standard InChI is InChI=1S/C32H35N5O7.C2H6/c1-20-6-4-5-7-26(20)35-32(43)34-23-10-8-22(9-11-23)16-28(38)33-24-12-13-27-25(17-24)31(42)36(15-14-30(40)41)18-29(39)37(27)21(2)19-44-3;1-2/h4-13,17,21H,14-16,18-19H2,1-3H3,(H,33,38)(H,40,41)(H2,34,35,43);1-2H3. The smallest absolute Gasteiger partial charge is 0.323 e. The quantitative estimate of drug-likeness (QED) is 0.228. The van der Waals surface area contributed by atoms with Crippen molar-refractivity contribution in [1.29, 1.82) is 0 Å². The first-order chi connectivity index (χ1) is 22.0. The first-order valence-electron chi connectivity index (χ1n) is 15.0. The Morgan fingerprint density at radius 1 is 0.935 bits per heavy atom. The number of ether oxygens (including phenoxy) is 1. The summed E-state index contributed by atoms with van der Waals surface area (Å²) in [5.74, 6) is -2.30. The van der Waals surface area contributed by atoms with Gasteiger partial charge in [0.1, 0.15) is 6.54 Å². The zero-order valence-electron chi connectivity index (χ0n) is 26.8. The van der Waals surface area contributed by atoms with E-state index in [4.69, 9.17) is 9.84 Å². The summed E-state index contributed by atoms with van der Waals surface area (Å²) >= 11 is 0. The molecule has 1 aliphatic heterocycles. The largest absolute Gasteiger partial charge is 0.481 e. The van der Waals surface area contributed by atoms with Gasteiger partial charge in [0.2, 0.25) is 11.8 Å². The Morgan fingerprint density at radius 2 is 1.61 bits per heavy atom. The second kappa shape index (κ2) is 16.7. The van der Waals surface area contributed by atoms with Gasteiger partial charge in [0.25, 0.3) is 5.91 Å². The van der Waals surface area contributed by atoms with Crippen LogP contribution in [-0.4, -0.2) is 72.6 Å². The van der Waals surface area contributed by atoms with Crippen LogP contribution in [0.5, 0.6) is 0 Å². The minimum Gasteiger partial charge on any atom is -0.481 e. The molecule has 4 rings (SSSR count). The Morgan fingerprint density at radius 3 is 2.26 bits per heavy atom. The highest BCUT2D eigenvalue weighted by molar-refractivity contribution is 6.11. The third-order valence-corrected chi connectivity index (χ3v) is 7.07. The third-order valence-electron chi connectivity index (χ3n) is 7.07. The van der Waals surface area contributed by atoms with Gasteiger partial charge in [-0.05, 0) is 61.4 Å². The molecule has 0 saturated carbocycles. The summed E-state index contributed by atoms with van der Waals surface area (Å²) in [5, 5.41) is 17.5. The van der Waals surface area contributed by atoms with Gasteiger partial charge in [0.05, 0.1) is 36.7 Å². The SMILES string of the molecule is CC.COCC(C)N1C(=O)CN(CCC(=O)O)C(=O)c2cc(NC(=O)Cc3ccc(NC(=O)Nc4ccccc4C)cc3)ccc21. The van der Waals surface area contributed by atoms with Crippen LogP contribution in [0.1, 0.15) is 48.7 Å². The lowest BCUT2D eigenvalue weighted by molar-refractivity contribution is -0.137. The molecule has 1 unspecified atom stereocenters. The van der Waals surface area contributed by atoms with Gasteiger partial charge < -0.3 is 35.6 Å². The first-order valence-corrected chi connectivity index (χ1v) is 15.0. The van der Waals surface area contributed by atoms with Gasteiger partial charge in [-0.3, -0.25) is 19.2 Å². The Balaban J connectivity index is 0.00000282. The number of carbonyl (C=O) groups excluding carboxylic acids is 4. The second-order valence-electron chi connectivity index (χ2n) is 10.5. The van der Waals surface area contributed by atoms with Crippen LogP contribution in [-0.2, 0) is 25.5 Å². The zero-order valence-corrected chi connectivity index (χ0v) is 26.8. The lowest BCUT2D eigenvalue weighted by atomic mass is 10.1. The number of amides is 5. The summed E-state index contributed by atoms with van der Waals surface area (Å²) in [4.78, 5) is 65.8. The average Bonchev–Trinajstić information content (AvgIpc) is 3.12. The van der Waals surface area contributed by atoms with Gasteiger partial charge in [0.15, 0.2) is 0 Å². The summed E-state index contributed by atoms with van der Waals surface area (Å²) in [6.07, 6.45) is -0.287. The van der Waals surface area contributed by atoms with E-state index in [-0.39, 0.29) is 55.9 Å². The number of carbonyl (C=O) groups is 5. The summed E-state index contributed by atoms with van der Waals surface area (Å²) in [6.45, 7) is 7.49. The van der Waals surface area contributed by atoms with Crippen LogP contribution < -0.4 is 20.9 Å². The van der Waals surface area contributed by atoms with Crippen molar-refractivity contribution >= 4 is 52.5 Å². The van der Waals surface area contributed by atoms with Gasteiger partial charge in [-0.25, -0.2) is 4.79 Å². The highest BCUT2D eigenvalue weighted by Gasteiger charge is 2.34. The van der Waals surface area contributed by atoms with Crippen molar-refractivity contribution in [2.45, 2.75) is 46.6 Å². The van der Waals surface area contributed by atoms with Crippen LogP contribution in [0.25, 0.3) is 0 Å². The van der Waals surface area contributed by atoms with Crippen molar-refractivity contribution in [1.82, 2.24) is 4.90 Å². The molecule has 12 nitrogen and oxygen atoms in total. The maximum Gasteiger partial charge on any atom is 0.323 e. The van der Waals surface area contributed by atoms with Gasteiger partial charge in [0, 0.05) is 30.7 Å². The Hall–Kier alpha value is -5.23. The number of urea groups is 1. The predicted octanol–water partition coefficient (Wildman–Crippen LogP) is 5.14. The number of methoxy groups -OCH3 is 1. The lowest BCUT2D eigenvalue weighted by Gasteiger charge is -2.29. The molecule has 0 fully saturated rings. The molecule has 46 heavy (non-hydrogen) atoms. The second-order valence-corrected chi connectivity index (χ2v) is 10.5. The summed E-state index contributed by atoms with van der Waals surface area (Å²) < 4.78 is 5.23. The van der Waals surface area contributed by atoms with Gasteiger partial charge in [-0.2, -0.15) is 0 Å². The van der Waals surface area contributed by atoms with E-state index in [2.05, 4.69) is 16.0 Å². The van der Waals surface area contributed by atoms with Crippen LogP contribution >= 0.6 is 0 Å². The molecule has 0 spiro atoms. The van der Waals surface area contributed by atoms with Crippen molar-refractivity contribution in [3.8, 4) is 0 Å². The molecule has 0 aliphatic carbocycles. The molecule has 1 aliphatic rings. The molecule has 3 aromatic rings. The van der Waals surface area contributed by atoms with Crippen molar-refractivity contribution in [3.63, 3.8) is 0 Å². The molecule has 0 aromatic heterocycles. The molecule has 5 amide bonds. The molecule has 0 saturated heterocycles. The maximum atomic E-state index is 13.5. The minimum atomic E-state index is -1.09. The summed E-state index contributed by atoms with van der Waals surface area (Å²) in [5.41, 5.74) is 3.76. The number of anilines is 4. The normalized spacial score (nSPS) is 13.1. The zero-order chi connectivity index (χ0) is 33.8. The number of nitrogens with one attached hydrogen (secondary N) is 3. The number of aliphatic carboxylic acids is 1. The van der Waals surface area contributed by atoms with E-state index in [1.165, 1.54) is 23.0 Å². The number of carboxylic acid groups (broad SMARTS) is 1. The Bertz CT molecular complexity index is 1560. The molecule has 244 valence electrons. The fourth-order valence-electron chi connectivity index (χ4n) is 4.92. The van der Waals surface area contributed by atoms with E-state index >= 15 is 0 Å². The van der Waals surface area contributed by atoms with Gasteiger partial charge in [-0.1, -0.05) is 44.2 Å². The molecule has 3 aromatic carbocycles. The highest BCUT2D eigenvalue weighted by atomic mass is 16.5. The van der Waals surface area contributed by atoms with E-state index in [1.54, 1.807) is 43.3 Å². The van der Waals surface area contributed by atoms with Crippen molar-refractivity contribution in [2.24, 2.45) is 0 Å². The van der Waals surface area contributed by atoms with Crippen LogP contribution in [0, 0.1) is 6.92 Å². The molecule has 0 bridgehead atoms. The van der Waals surface area contributed by atoms with Crippen LogP contribution in [0.15, 0.2) is 66.7 Å². The Labute approximate surface area is 268 Å². The summed E-state index contributed by atoms with van der Waals surface area (Å²) in [6, 6.07) is 18.2. The molecule has 1 atom stereocenters. The van der Waals surface area contributed by atoms with Crippen LogP contribution in [0.4, 0.5) is 27.5 Å². The fourth-order valence-corrected chi connectivity index (χ4v) is 4.92. The van der Waals surface area contributed by atoms with Gasteiger partial charge >= 0.3 is 12.0 Å². The lowest BCUT2D eigenvalue weighted by Crippen LogP contribution is -2.45. The van der Waals surface area contributed by atoms with E-state index < -0.39 is 17.9 Å². The highest BCUT2D eigenvalue weighted by Crippen LogP contribution is 2.30. The number of benzene rings is 3. The number of fused-ring (bicyclic) bond motifs is 1. The molecule has 12 heteroatoms. The Kier molecular flexibility index (Phi) is 12.8. The first kappa shape index (κ1) is 35.3. The maximum absolute atomic E-state index is 13.5. The molecule has 1 heterocycles. The van der Waals surface area contributed by atoms with Crippen molar-refractivity contribution < 1.29 is 33.8 Å².